The maximum absolute atomic E-state index is 12.6. The number of pyridine rings is 1. The minimum absolute atomic E-state index is 0.0294. The highest BCUT2D eigenvalue weighted by Crippen LogP contribution is 2.41. The molecule has 8 heteroatoms. The number of aromatic nitrogens is 2. The van der Waals surface area contributed by atoms with E-state index in [4.69, 9.17) is 23.9 Å². The lowest BCUT2D eigenvalue weighted by Crippen LogP contribution is -2.27. The number of carbonyl (C=O) groups excluding carboxylic acids is 1. The van der Waals surface area contributed by atoms with Crippen molar-refractivity contribution in [2.75, 3.05) is 39.9 Å². The van der Waals surface area contributed by atoms with Crippen molar-refractivity contribution in [3.05, 3.63) is 95.7 Å². The molecule has 1 fully saturated rings. The molecule has 1 atom stereocenters. The van der Waals surface area contributed by atoms with Crippen LogP contribution in [0.3, 0.4) is 0 Å². The normalized spacial score (nSPS) is 14.5. The van der Waals surface area contributed by atoms with Crippen molar-refractivity contribution in [3.8, 4) is 11.5 Å². The van der Waals surface area contributed by atoms with Gasteiger partial charge in [0, 0.05) is 36.8 Å². The first-order valence-corrected chi connectivity index (χ1v) is 14.2. The van der Waals surface area contributed by atoms with Crippen LogP contribution in [0, 0.1) is 5.92 Å². The van der Waals surface area contributed by atoms with E-state index in [1.807, 2.05) is 48.7 Å². The minimum atomic E-state index is -0.361. The van der Waals surface area contributed by atoms with Gasteiger partial charge in [0.2, 0.25) is 0 Å². The van der Waals surface area contributed by atoms with Gasteiger partial charge in [-0.05, 0) is 60.7 Å². The minimum Gasteiger partial charge on any atom is -0.497 e. The van der Waals surface area contributed by atoms with Crippen LogP contribution < -0.4 is 14.8 Å². The molecule has 3 heterocycles. The summed E-state index contributed by atoms with van der Waals surface area (Å²) in [5.41, 5.74) is 6.46. The molecule has 216 valence electrons. The molecule has 0 amide bonds. The molecule has 5 aromatic rings. The standard InChI is InChI=1S/C34H35N3O5/c1-39-27-11-9-25(31(19-27)40-2)20-35-26-18-30-32(36-21-26)28-12-10-24(34(38)41-3)17-29(28)37(30)33(22-7-5-4-6-8-22)23-13-15-42-16-14-23/h4-12,17-19,21,23,33,35H,13-16,20H2,1-3H3. The Labute approximate surface area is 245 Å². The third-order valence-electron chi connectivity index (χ3n) is 8.17. The van der Waals surface area contributed by atoms with Crippen LogP contribution in [0.5, 0.6) is 11.5 Å². The van der Waals surface area contributed by atoms with E-state index in [-0.39, 0.29) is 12.0 Å². The van der Waals surface area contributed by atoms with Crippen molar-refractivity contribution in [3.63, 3.8) is 0 Å². The van der Waals surface area contributed by atoms with Crippen molar-refractivity contribution in [1.29, 1.82) is 0 Å². The average molecular weight is 566 g/mol. The van der Waals surface area contributed by atoms with E-state index in [2.05, 4.69) is 40.2 Å². The Kier molecular flexibility index (Phi) is 7.97. The predicted molar refractivity (Wildman–Crippen MR) is 164 cm³/mol. The van der Waals surface area contributed by atoms with Crippen LogP contribution in [0.1, 0.15) is 40.4 Å². The maximum Gasteiger partial charge on any atom is 0.337 e. The first kappa shape index (κ1) is 27.6. The number of rotatable bonds is 9. The van der Waals surface area contributed by atoms with Gasteiger partial charge in [0.15, 0.2) is 0 Å². The van der Waals surface area contributed by atoms with Crippen molar-refractivity contribution >= 4 is 33.6 Å². The van der Waals surface area contributed by atoms with Gasteiger partial charge in [-0.15, -0.1) is 0 Å². The van der Waals surface area contributed by atoms with Gasteiger partial charge >= 0.3 is 5.97 Å². The molecule has 1 aliphatic heterocycles. The first-order valence-electron chi connectivity index (χ1n) is 14.2. The summed E-state index contributed by atoms with van der Waals surface area (Å²) in [6.45, 7) is 2.01. The monoisotopic (exact) mass is 565 g/mol. The van der Waals surface area contributed by atoms with Gasteiger partial charge in [0.25, 0.3) is 0 Å². The van der Waals surface area contributed by atoms with Gasteiger partial charge in [-0.1, -0.05) is 30.3 Å². The number of benzene rings is 3. The Balaban J connectivity index is 1.50. The molecule has 0 saturated carbocycles. The number of hydrogen-bond acceptors (Lipinski definition) is 7. The highest BCUT2D eigenvalue weighted by molar-refractivity contribution is 6.08. The summed E-state index contributed by atoms with van der Waals surface area (Å²) in [4.78, 5) is 17.6. The Morgan fingerprint density at radius 2 is 1.79 bits per heavy atom. The molecule has 2 aromatic heterocycles. The van der Waals surface area contributed by atoms with E-state index in [0.717, 1.165) is 70.7 Å². The maximum atomic E-state index is 12.6. The molecular formula is C34H35N3O5. The molecule has 42 heavy (non-hydrogen) atoms. The van der Waals surface area contributed by atoms with Gasteiger partial charge in [0.1, 0.15) is 11.5 Å². The molecule has 0 bridgehead atoms. The Morgan fingerprint density at radius 1 is 0.976 bits per heavy atom. The van der Waals surface area contributed by atoms with Crippen LogP contribution in [0.2, 0.25) is 0 Å². The highest BCUT2D eigenvalue weighted by Gasteiger charge is 2.30. The molecule has 0 aliphatic carbocycles. The molecule has 6 rings (SSSR count). The van der Waals surface area contributed by atoms with Crippen molar-refractivity contribution in [2.45, 2.75) is 25.4 Å². The van der Waals surface area contributed by atoms with Crippen LogP contribution >= 0.6 is 0 Å². The quantitative estimate of drug-likeness (QED) is 0.201. The molecule has 1 aliphatic rings. The Morgan fingerprint density at radius 3 is 2.52 bits per heavy atom. The van der Waals surface area contributed by atoms with E-state index in [9.17, 15) is 4.79 Å². The van der Waals surface area contributed by atoms with E-state index >= 15 is 0 Å². The fraction of sp³-hybridized carbons (Fsp3) is 0.294. The lowest BCUT2D eigenvalue weighted by molar-refractivity contribution is 0.0553. The SMILES string of the molecule is COC(=O)c1ccc2c3ncc(NCc4ccc(OC)cc4OC)cc3n(C(c3ccccc3)C3CCOCC3)c2c1. The molecule has 0 spiro atoms. The van der Waals surface area contributed by atoms with Crippen molar-refractivity contribution < 1.29 is 23.7 Å². The zero-order chi connectivity index (χ0) is 29.1. The molecule has 1 saturated heterocycles. The molecule has 0 radical (unpaired) electrons. The summed E-state index contributed by atoms with van der Waals surface area (Å²) in [6.07, 6.45) is 3.75. The lowest BCUT2D eigenvalue weighted by atomic mass is 9.86. The molecular weight excluding hydrogens is 530 g/mol. The van der Waals surface area contributed by atoms with E-state index < -0.39 is 0 Å². The predicted octanol–water partition coefficient (Wildman–Crippen LogP) is 6.62. The first-order chi connectivity index (χ1) is 20.6. The number of esters is 1. The second-order valence-electron chi connectivity index (χ2n) is 10.5. The molecule has 8 nitrogen and oxygen atoms in total. The van der Waals surface area contributed by atoms with Crippen LogP contribution in [-0.2, 0) is 16.0 Å². The van der Waals surface area contributed by atoms with Gasteiger partial charge in [-0.3, -0.25) is 4.98 Å². The Bertz CT molecular complexity index is 1710. The van der Waals surface area contributed by atoms with Gasteiger partial charge in [0.05, 0.1) is 61.4 Å². The molecule has 1 unspecified atom stereocenters. The smallest absolute Gasteiger partial charge is 0.337 e. The molecule has 3 aromatic carbocycles. The number of nitrogens with zero attached hydrogens (tertiary/aromatic N) is 2. The lowest BCUT2D eigenvalue weighted by Gasteiger charge is -2.33. The zero-order valence-electron chi connectivity index (χ0n) is 24.1. The summed E-state index contributed by atoms with van der Waals surface area (Å²) in [5.74, 6) is 1.49. The summed E-state index contributed by atoms with van der Waals surface area (Å²) < 4.78 is 24.2. The van der Waals surface area contributed by atoms with Gasteiger partial charge < -0.3 is 28.8 Å². The van der Waals surface area contributed by atoms with E-state index in [1.165, 1.54) is 12.7 Å². The molecule has 1 N–H and O–H groups in total. The largest absolute Gasteiger partial charge is 0.497 e. The number of nitrogens with one attached hydrogen (secondary N) is 1. The summed E-state index contributed by atoms with van der Waals surface area (Å²) >= 11 is 0. The van der Waals surface area contributed by atoms with Gasteiger partial charge in [-0.2, -0.15) is 0 Å². The van der Waals surface area contributed by atoms with Gasteiger partial charge in [-0.25, -0.2) is 4.79 Å². The number of ether oxygens (including phenoxy) is 4. The third kappa shape index (κ3) is 5.25. The number of hydrogen-bond donors (Lipinski definition) is 1. The number of anilines is 1. The summed E-state index contributed by atoms with van der Waals surface area (Å²) in [7, 11) is 4.71. The fourth-order valence-corrected chi connectivity index (χ4v) is 6.06. The van der Waals surface area contributed by atoms with Crippen LogP contribution in [0.25, 0.3) is 21.9 Å². The second kappa shape index (κ2) is 12.1. The summed E-state index contributed by atoms with van der Waals surface area (Å²) in [5, 5.41) is 4.54. The van der Waals surface area contributed by atoms with Crippen LogP contribution in [-0.4, -0.2) is 50.1 Å². The topological polar surface area (TPSA) is 83.8 Å². The second-order valence-corrected chi connectivity index (χ2v) is 10.5. The summed E-state index contributed by atoms with van der Waals surface area (Å²) in [6, 6.07) is 24.3. The van der Waals surface area contributed by atoms with Crippen molar-refractivity contribution in [2.24, 2.45) is 5.92 Å². The van der Waals surface area contributed by atoms with Crippen LogP contribution in [0.4, 0.5) is 5.69 Å². The number of carbonyl (C=O) groups is 1. The Hall–Kier alpha value is -4.56. The number of methoxy groups -OCH3 is 3. The van der Waals surface area contributed by atoms with E-state index in [1.54, 1.807) is 14.2 Å². The average Bonchev–Trinajstić information content (AvgIpc) is 3.37. The van der Waals surface area contributed by atoms with Crippen molar-refractivity contribution in [1.82, 2.24) is 9.55 Å². The highest BCUT2D eigenvalue weighted by atomic mass is 16.5. The van der Waals surface area contributed by atoms with Crippen LogP contribution in [0.15, 0.2) is 79.0 Å². The fourth-order valence-electron chi connectivity index (χ4n) is 6.06. The zero-order valence-corrected chi connectivity index (χ0v) is 24.1. The van der Waals surface area contributed by atoms with E-state index in [0.29, 0.717) is 18.0 Å². The third-order valence-corrected chi connectivity index (χ3v) is 8.17. The number of fused-ring (bicyclic) bond motifs is 3.